The number of imide groups is 1. The molecule has 0 saturated carbocycles. The molecule has 128 valence electrons. The Bertz CT molecular complexity index is 858. The van der Waals surface area contributed by atoms with Crippen LogP contribution in [-0.2, 0) is 4.79 Å². The lowest BCUT2D eigenvalue weighted by Gasteiger charge is -2.11. The molecule has 2 aromatic rings. The molecule has 1 aliphatic rings. The van der Waals surface area contributed by atoms with Crippen molar-refractivity contribution in [2.45, 2.75) is 0 Å². The van der Waals surface area contributed by atoms with Gasteiger partial charge in [0.05, 0.1) is 19.2 Å². The molecule has 1 fully saturated rings. The molecule has 2 aromatic carbocycles. The lowest BCUT2D eigenvalue weighted by Crippen LogP contribution is -2.17. The molecule has 0 unspecified atom stereocenters. The van der Waals surface area contributed by atoms with Crippen LogP contribution in [0.5, 0.6) is 17.2 Å². The summed E-state index contributed by atoms with van der Waals surface area (Å²) in [6.07, 6.45) is 1.70. The number of hydrogen-bond acceptors (Lipinski definition) is 5. The normalized spacial score (nSPS) is 15.4. The van der Waals surface area contributed by atoms with Gasteiger partial charge in [-0.3, -0.25) is 14.9 Å². The number of benzene rings is 2. The van der Waals surface area contributed by atoms with Crippen molar-refractivity contribution in [1.82, 2.24) is 5.32 Å². The monoisotopic (exact) mass is 579 g/mol. The summed E-state index contributed by atoms with van der Waals surface area (Å²) >= 11 is 5.28. The zero-order valence-electron chi connectivity index (χ0n) is 12.8. The predicted octanol–water partition coefficient (Wildman–Crippen LogP) is 5.02. The molecule has 0 aliphatic carbocycles. The van der Waals surface area contributed by atoms with E-state index in [1.165, 1.54) is 0 Å². The molecule has 1 N–H and O–H groups in total. The van der Waals surface area contributed by atoms with Gasteiger partial charge in [-0.25, -0.2) is 0 Å². The number of methoxy groups -OCH3 is 1. The van der Waals surface area contributed by atoms with Crippen molar-refractivity contribution in [3.63, 3.8) is 0 Å². The largest absolute Gasteiger partial charge is 0.497 e. The zero-order valence-corrected chi connectivity index (χ0v) is 18.0. The van der Waals surface area contributed by atoms with Crippen molar-refractivity contribution < 1.29 is 19.1 Å². The highest BCUT2D eigenvalue weighted by molar-refractivity contribution is 14.1. The van der Waals surface area contributed by atoms with E-state index >= 15 is 0 Å². The van der Waals surface area contributed by atoms with Crippen LogP contribution in [0.2, 0.25) is 0 Å². The maximum Gasteiger partial charge on any atom is 0.290 e. The van der Waals surface area contributed by atoms with E-state index < -0.39 is 0 Å². The summed E-state index contributed by atoms with van der Waals surface area (Å²) < 4.78 is 12.9. The Labute approximate surface area is 175 Å². The van der Waals surface area contributed by atoms with Gasteiger partial charge in [-0.15, -0.1) is 0 Å². The first-order valence-electron chi connectivity index (χ1n) is 7.02. The van der Waals surface area contributed by atoms with E-state index in [0.29, 0.717) is 10.7 Å². The Kier molecular flexibility index (Phi) is 5.89. The number of halogens is 2. The maximum absolute atomic E-state index is 11.7. The van der Waals surface area contributed by atoms with Crippen molar-refractivity contribution >= 4 is 74.2 Å². The second kappa shape index (κ2) is 7.96. The molecule has 1 heterocycles. The molecule has 0 aromatic heterocycles. The van der Waals surface area contributed by atoms with Gasteiger partial charge < -0.3 is 9.47 Å². The third kappa shape index (κ3) is 4.47. The predicted molar refractivity (Wildman–Crippen MR) is 114 cm³/mol. The highest BCUT2D eigenvalue weighted by atomic mass is 127. The van der Waals surface area contributed by atoms with Crippen LogP contribution >= 0.6 is 56.9 Å². The summed E-state index contributed by atoms with van der Waals surface area (Å²) in [5, 5.41) is 1.90. The molecular weight excluding hydrogens is 568 g/mol. The van der Waals surface area contributed by atoms with Crippen molar-refractivity contribution in [3.8, 4) is 17.2 Å². The average molecular weight is 579 g/mol. The minimum absolute atomic E-state index is 0.347. The van der Waals surface area contributed by atoms with Gasteiger partial charge in [0.25, 0.3) is 11.1 Å². The quantitative estimate of drug-likeness (QED) is 0.408. The summed E-state index contributed by atoms with van der Waals surface area (Å²) in [4.78, 5) is 23.3. The Hall–Kier alpha value is -1.27. The van der Waals surface area contributed by atoms with Crippen LogP contribution in [0.4, 0.5) is 4.79 Å². The minimum atomic E-state index is -0.362. The standard InChI is InChI=1S/C17H11I2NO4S/c1-23-10-2-4-11(5-3-10)24-15-12(18)6-9(7-13(15)19)8-14-16(21)20-17(22)25-14/h2-8H,1H3,(H,20,21,22)/b14-8-. The number of carbonyl (C=O) groups excluding carboxylic acids is 2. The zero-order chi connectivity index (χ0) is 18.0. The number of nitrogens with one attached hydrogen (secondary N) is 1. The average Bonchev–Trinajstić information content (AvgIpc) is 2.89. The van der Waals surface area contributed by atoms with Crippen LogP contribution in [0, 0.1) is 7.14 Å². The molecule has 3 rings (SSSR count). The highest BCUT2D eigenvalue weighted by Crippen LogP contribution is 2.35. The van der Waals surface area contributed by atoms with Gasteiger partial charge in [0, 0.05) is 0 Å². The van der Waals surface area contributed by atoms with Crippen LogP contribution in [0.25, 0.3) is 6.08 Å². The fourth-order valence-corrected chi connectivity index (χ4v) is 4.81. The van der Waals surface area contributed by atoms with Gasteiger partial charge in [0.15, 0.2) is 5.75 Å². The molecule has 5 nitrogen and oxygen atoms in total. The van der Waals surface area contributed by atoms with Crippen molar-refractivity contribution in [2.75, 3.05) is 7.11 Å². The number of amides is 2. The van der Waals surface area contributed by atoms with Crippen LogP contribution < -0.4 is 14.8 Å². The number of carbonyl (C=O) groups is 2. The summed E-state index contributed by atoms with van der Waals surface area (Å²) in [7, 11) is 1.62. The fourth-order valence-electron chi connectivity index (χ4n) is 2.09. The Morgan fingerprint density at radius 3 is 2.16 bits per heavy atom. The molecule has 2 amide bonds. The van der Waals surface area contributed by atoms with E-state index in [0.717, 1.165) is 36.0 Å². The van der Waals surface area contributed by atoms with Gasteiger partial charge >= 0.3 is 0 Å². The third-order valence-corrected chi connectivity index (χ3v) is 5.65. The Morgan fingerprint density at radius 2 is 1.64 bits per heavy atom. The molecule has 8 heteroatoms. The molecule has 1 aliphatic heterocycles. The van der Waals surface area contributed by atoms with Gasteiger partial charge in [0.2, 0.25) is 0 Å². The number of ether oxygens (including phenoxy) is 2. The summed E-state index contributed by atoms with van der Waals surface area (Å²) in [6.45, 7) is 0. The van der Waals surface area contributed by atoms with E-state index in [2.05, 4.69) is 50.5 Å². The second-order valence-electron chi connectivity index (χ2n) is 4.94. The topological polar surface area (TPSA) is 64.6 Å². The highest BCUT2D eigenvalue weighted by Gasteiger charge is 2.25. The minimum Gasteiger partial charge on any atom is -0.497 e. The SMILES string of the molecule is COc1ccc(Oc2c(I)cc(/C=C3\SC(=O)NC3=O)cc2I)cc1. The van der Waals surface area contributed by atoms with E-state index in [1.807, 2.05) is 36.4 Å². The summed E-state index contributed by atoms with van der Waals surface area (Å²) in [6, 6.07) is 11.2. The van der Waals surface area contributed by atoms with Gasteiger partial charge in [-0.1, -0.05) is 0 Å². The molecule has 0 bridgehead atoms. The van der Waals surface area contributed by atoms with E-state index in [1.54, 1.807) is 13.2 Å². The third-order valence-electron chi connectivity index (χ3n) is 3.24. The first-order chi connectivity index (χ1) is 12.0. The van der Waals surface area contributed by atoms with Crippen LogP contribution in [0.1, 0.15) is 5.56 Å². The van der Waals surface area contributed by atoms with Crippen LogP contribution in [0.15, 0.2) is 41.3 Å². The van der Waals surface area contributed by atoms with Crippen molar-refractivity contribution in [2.24, 2.45) is 0 Å². The van der Waals surface area contributed by atoms with E-state index in [4.69, 9.17) is 9.47 Å². The van der Waals surface area contributed by atoms with Crippen molar-refractivity contribution in [1.29, 1.82) is 0 Å². The molecule has 0 atom stereocenters. The number of thioether (sulfide) groups is 1. The van der Waals surface area contributed by atoms with Gasteiger partial charge in [0.1, 0.15) is 11.5 Å². The Balaban J connectivity index is 1.86. The summed E-state index contributed by atoms with van der Waals surface area (Å²) in [5.74, 6) is 1.85. The van der Waals surface area contributed by atoms with Crippen LogP contribution in [0.3, 0.4) is 0 Å². The van der Waals surface area contributed by atoms with E-state index in [-0.39, 0.29) is 11.1 Å². The smallest absolute Gasteiger partial charge is 0.290 e. The second-order valence-corrected chi connectivity index (χ2v) is 8.28. The number of rotatable bonds is 4. The Morgan fingerprint density at radius 1 is 1.04 bits per heavy atom. The van der Waals surface area contributed by atoms with E-state index in [9.17, 15) is 9.59 Å². The molecule has 0 radical (unpaired) electrons. The first kappa shape index (κ1) is 18.5. The molecular formula is C17H11I2NO4S. The van der Waals surface area contributed by atoms with Gasteiger partial charge in [-0.2, -0.15) is 0 Å². The maximum atomic E-state index is 11.7. The lowest BCUT2D eigenvalue weighted by molar-refractivity contribution is -0.115. The fraction of sp³-hybridized carbons (Fsp3) is 0.0588. The number of hydrogen-bond donors (Lipinski definition) is 1. The summed E-state index contributed by atoms with van der Waals surface area (Å²) in [5.41, 5.74) is 0.836. The molecule has 0 spiro atoms. The lowest BCUT2D eigenvalue weighted by atomic mass is 10.2. The first-order valence-corrected chi connectivity index (χ1v) is 9.99. The van der Waals surface area contributed by atoms with Gasteiger partial charge in [-0.05, 0) is 105 Å². The molecule has 1 saturated heterocycles. The molecule has 25 heavy (non-hydrogen) atoms. The van der Waals surface area contributed by atoms with Crippen LogP contribution in [-0.4, -0.2) is 18.3 Å². The van der Waals surface area contributed by atoms with Crippen molar-refractivity contribution in [3.05, 3.63) is 54.0 Å².